The number of ether oxygens (including phenoxy) is 1. The Bertz CT molecular complexity index is 724. The number of carbonyl (C=O) groups is 2. The van der Waals surface area contributed by atoms with Gasteiger partial charge in [0.25, 0.3) is 11.6 Å². The average molecular weight is 344 g/mol. The largest absolute Gasteiger partial charge is 0.452 e. The molecule has 1 fully saturated rings. The Labute approximate surface area is 145 Å². The maximum Gasteiger partial charge on any atom is 0.345 e. The van der Waals surface area contributed by atoms with E-state index in [-0.39, 0.29) is 23.2 Å². The normalized spacial score (nSPS) is 16.7. The van der Waals surface area contributed by atoms with Gasteiger partial charge in [-0.15, -0.1) is 0 Å². The van der Waals surface area contributed by atoms with Gasteiger partial charge in [-0.25, -0.2) is 4.79 Å². The molecule has 25 heavy (non-hydrogen) atoms. The minimum absolute atomic E-state index is 0.143. The van der Waals surface area contributed by atoms with Crippen LogP contribution in [-0.4, -0.2) is 34.3 Å². The van der Waals surface area contributed by atoms with Crippen LogP contribution in [0.1, 0.15) is 48.9 Å². The number of carbonyl (C=O) groups excluding carboxylic acids is 2. The van der Waals surface area contributed by atoms with Crippen molar-refractivity contribution in [2.45, 2.75) is 44.6 Å². The van der Waals surface area contributed by atoms with Gasteiger partial charge in [-0.2, -0.15) is 0 Å². The lowest BCUT2D eigenvalue weighted by atomic mass is 10.0. The first kappa shape index (κ1) is 17.1. The SMILES string of the molecule is O=C(OCC(=O)N(C1=CCCCC1)C1CC1)c1ccccc1[N+](=O)[O-]. The van der Waals surface area contributed by atoms with Crippen molar-refractivity contribution in [1.29, 1.82) is 0 Å². The van der Waals surface area contributed by atoms with Crippen LogP contribution < -0.4 is 0 Å². The number of rotatable bonds is 6. The number of benzene rings is 1. The fourth-order valence-electron chi connectivity index (χ4n) is 3.05. The summed E-state index contributed by atoms with van der Waals surface area (Å²) in [5.74, 6) is -1.11. The number of amides is 1. The molecule has 0 aliphatic heterocycles. The zero-order chi connectivity index (χ0) is 17.8. The van der Waals surface area contributed by atoms with Crippen molar-refractivity contribution >= 4 is 17.6 Å². The Morgan fingerprint density at radius 2 is 2.00 bits per heavy atom. The molecule has 0 bridgehead atoms. The topological polar surface area (TPSA) is 89.8 Å². The molecule has 1 aromatic rings. The molecule has 3 rings (SSSR count). The second-order valence-electron chi connectivity index (χ2n) is 6.29. The van der Waals surface area contributed by atoms with E-state index in [1.807, 2.05) is 0 Å². The van der Waals surface area contributed by atoms with Crippen LogP contribution in [-0.2, 0) is 9.53 Å². The third-order valence-corrected chi connectivity index (χ3v) is 4.40. The predicted octanol–water partition coefficient (Wildman–Crippen LogP) is 3.20. The third-order valence-electron chi connectivity index (χ3n) is 4.40. The molecule has 0 radical (unpaired) electrons. The minimum atomic E-state index is -0.853. The summed E-state index contributed by atoms with van der Waals surface area (Å²) in [6.07, 6.45) is 8.01. The lowest BCUT2D eigenvalue weighted by molar-refractivity contribution is -0.385. The molecule has 0 unspecified atom stereocenters. The second-order valence-corrected chi connectivity index (χ2v) is 6.29. The third kappa shape index (κ3) is 4.04. The highest BCUT2D eigenvalue weighted by Crippen LogP contribution is 2.33. The van der Waals surface area contributed by atoms with Crippen LogP contribution in [0.25, 0.3) is 0 Å². The van der Waals surface area contributed by atoms with Gasteiger partial charge in [0.2, 0.25) is 0 Å². The molecule has 1 amide bonds. The van der Waals surface area contributed by atoms with E-state index in [1.54, 1.807) is 4.90 Å². The summed E-state index contributed by atoms with van der Waals surface area (Å²) in [6.45, 7) is -0.404. The van der Waals surface area contributed by atoms with Crippen molar-refractivity contribution < 1.29 is 19.2 Å². The number of nitro groups is 1. The monoisotopic (exact) mass is 344 g/mol. The average Bonchev–Trinajstić information content (AvgIpc) is 3.45. The van der Waals surface area contributed by atoms with E-state index < -0.39 is 17.5 Å². The molecular formula is C18H20N2O5. The fourth-order valence-corrected chi connectivity index (χ4v) is 3.05. The van der Waals surface area contributed by atoms with E-state index in [0.29, 0.717) is 0 Å². The van der Waals surface area contributed by atoms with Gasteiger partial charge in [0.1, 0.15) is 5.56 Å². The number of esters is 1. The van der Waals surface area contributed by atoms with Gasteiger partial charge in [-0.05, 0) is 44.6 Å². The lowest BCUT2D eigenvalue weighted by Crippen LogP contribution is -2.36. The number of hydrogen-bond donors (Lipinski definition) is 0. The molecule has 132 valence electrons. The van der Waals surface area contributed by atoms with Gasteiger partial charge >= 0.3 is 5.97 Å². The quantitative estimate of drug-likeness (QED) is 0.449. The van der Waals surface area contributed by atoms with Gasteiger partial charge in [-0.1, -0.05) is 18.2 Å². The predicted molar refractivity (Wildman–Crippen MR) is 89.8 cm³/mol. The molecule has 2 aliphatic carbocycles. The second kappa shape index (κ2) is 7.46. The molecular weight excluding hydrogens is 324 g/mol. The molecule has 0 N–H and O–H groups in total. The van der Waals surface area contributed by atoms with Gasteiger partial charge in [-0.3, -0.25) is 14.9 Å². The number of nitrogens with zero attached hydrogens (tertiary/aromatic N) is 2. The summed E-state index contributed by atoms with van der Waals surface area (Å²) < 4.78 is 5.07. The van der Waals surface area contributed by atoms with Crippen molar-refractivity contribution in [3.8, 4) is 0 Å². The van der Waals surface area contributed by atoms with Crippen molar-refractivity contribution in [3.63, 3.8) is 0 Å². The van der Waals surface area contributed by atoms with Crippen LogP contribution in [0.2, 0.25) is 0 Å². The highest BCUT2D eigenvalue weighted by atomic mass is 16.6. The summed E-state index contributed by atoms with van der Waals surface area (Å²) in [7, 11) is 0. The van der Waals surface area contributed by atoms with Crippen LogP contribution in [0.3, 0.4) is 0 Å². The number of nitro benzene ring substituents is 1. The summed E-state index contributed by atoms with van der Waals surface area (Å²) in [5, 5.41) is 11.0. The summed E-state index contributed by atoms with van der Waals surface area (Å²) in [5.41, 5.74) is 0.546. The molecule has 2 aliphatic rings. The van der Waals surface area contributed by atoms with E-state index in [9.17, 15) is 19.7 Å². The molecule has 1 aromatic carbocycles. The van der Waals surface area contributed by atoms with Crippen LogP contribution in [0.15, 0.2) is 36.0 Å². The maximum atomic E-state index is 12.6. The van der Waals surface area contributed by atoms with Gasteiger partial charge in [0.15, 0.2) is 6.61 Å². The molecule has 0 saturated heterocycles. The smallest absolute Gasteiger partial charge is 0.345 e. The molecule has 7 heteroatoms. The van der Waals surface area contributed by atoms with Crippen molar-refractivity contribution in [2.24, 2.45) is 0 Å². The van der Waals surface area contributed by atoms with Crippen LogP contribution >= 0.6 is 0 Å². The molecule has 0 heterocycles. The van der Waals surface area contributed by atoms with E-state index in [2.05, 4.69) is 6.08 Å². The summed E-state index contributed by atoms with van der Waals surface area (Å²) in [6, 6.07) is 5.76. The maximum absolute atomic E-state index is 12.6. The number of para-hydroxylation sites is 1. The Morgan fingerprint density at radius 1 is 1.24 bits per heavy atom. The first-order valence-electron chi connectivity index (χ1n) is 8.49. The van der Waals surface area contributed by atoms with Crippen molar-refractivity contribution in [1.82, 2.24) is 4.90 Å². The van der Waals surface area contributed by atoms with Crippen LogP contribution in [0.4, 0.5) is 5.69 Å². The van der Waals surface area contributed by atoms with Crippen molar-refractivity contribution in [2.75, 3.05) is 6.61 Å². The molecule has 7 nitrogen and oxygen atoms in total. The Hall–Kier alpha value is -2.70. The van der Waals surface area contributed by atoms with E-state index in [0.717, 1.165) is 44.2 Å². The first-order valence-corrected chi connectivity index (χ1v) is 8.49. The number of allylic oxidation sites excluding steroid dienone is 2. The number of hydrogen-bond acceptors (Lipinski definition) is 5. The molecule has 0 aromatic heterocycles. The Kier molecular flexibility index (Phi) is 5.11. The van der Waals surface area contributed by atoms with Gasteiger partial charge < -0.3 is 9.64 Å². The Morgan fingerprint density at radius 3 is 2.64 bits per heavy atom. The fraction of sp³-hybridized carbons (Fsp3) is 0.444. The van der Waals surface area contributed by atoms with E-state index >= 15 is 0 Å². The van der Waals surface area contributed by atoms with Crippen LogP contribution in [0, 0.1) is 10.1 Å². The molecule has 0 atom stereocenters. The van der Waals surface area contributed by atoms with E-state index in [4.69, 9.17) is 4.74 Å². The minimum Gasteiger partial charge on any atom is -0.452 e. The van der Waals surface area contributed by atoms with Gasteiger partial charge in [0.05, 0.1) is 4.92 Å². The summed E-state index contributed by atoms with van der Waals surface area (Å²) >= 11 is 0. The van der Waals surface area contributed by atoms with E-state index in [1.165, 1.54) is 24.3 Å². The molecule has 1 saturated carbocycles. The highest BCUT2D eigenvalue weighted by molar-refractivity contribution is 5.95. The lowest BCUT2D eigenvalue weighted by Gasteiger charge is -2.27. The summed E-state index contributed by atoms with van der Waals surface area (Å²) in [4.78, 5) is 36.8. The zero-order valence-electron chi connectivity index (χ0n) is 13.8. The molecule has 0 spiro atoms. The van der Waals surface area contributed by atoms with Crippen molar-refractivity contribution in [3.05, 3.63) is 51.7 Å². The first-order chi connectivity index (χ1) is 12.1. The van der Waals surface area contributed by atoms with Crippen LogP contribution in [0.5, 0.6) is 0 Å². The van der Waals surface area contributed by atoms with Gasteiger partial charge in [0, 0.05) is 17.8 Å². The highest BCUT2D eigenvalue weighted by Gasteiger charge is 2.35. The zero-order valence-corrected chi connectivity index (χ0v) is 13.8. The Balaban J connectivity index is 1.66. The standard InChI is InChI=1S/C18H20N2O5/c21-17(19(14-10-11-14)13-6-2-1-3-7-13)12-25-18(22)15-8-4-5-9-16(15)20(23)24/h4-6,8-9,14H,1-3,7,10-12H2.